The van der Waals surface area contributed by atoms with Gasteiger partial charge in [0.05, 0.1) is 7.11 Å². The maximum atomic E-state index is 11.7. The van der Waals surface area contributed by atoms with Gasteiger partial charge in [-0.2, -0.15) is 0 Å². The van der Waals surface area contributed by atoms with Gasteiger partial charge in [0.1, 0.15) is 17.1 Å². The molecule has 4 aromatic rings. The number of rotatable bonds is 5. The van der Waals surface area contributed by atoms with Gasteiger partial charge in [-0.25, -0.2) is 4.79 Å². The Bertz CT molecular complexity index is 1150. The SMILES string of the molecule is COc1ccc(-c2nnc(SCc3cc(=O)oc4cc(O)ccc34)o2)cc1. The Morgan fingerprint density at radius 3 is 2.67 bits per heavy atom. The Hall–Kier alpha value is -3.26. The number of phenols is 1. The van der Waals surface area contributed by atoms with Crippen LogP contribution in [0.2, 0.25) is 0 Å². The fourth-order valence-corrected chi connectivity index (χ4v) is 3.35. The summed E-state index contributed by atoms with van der Waals surface area (Å²) in [6, 6.07) is 13.4. The summed E-state index contributed by atoms with van der Waals surface area (Å²) in [5.41, 5.74) is 1.41. The first-order valence-corrected chi connectivity index (χ1v) is 8.97. The number of phenolic OH excluding ortho intramolecular Hbond substituents is 1. The van der Waals surface area contributed by atoms with E-state index in [0.29, 0.717) is 22.4 Å². The van der Waals surface area contributed by atoms with Gasteiger partial charge in [-0.05, 0) is 42.0 Å². The van der Waals surface area contributed by atoms with Crippen molar-refractivity contribution in [1.82, 2.24) is 10.2 Å². The van der Waals surface area contributed by atoms with Crippen LogP contribution in [0.1, 0.15) is 5.56 Å². The molecular weight excluding hydrogens is 368 g/mol. The number of hydrogen-bond acceptors (Lipinski definition) is 8. The van der Waals surface area contributed by atoms with E-state index in [1.807, 2.05) is 24.3 Å². The molecule has 0 spiro atoms. The van der Waals surface area contributed by atoms with E-state index in [0.717, 1.165) is 22.3 Å². The van der Waals surface area contributed by atoms with Crippen LogP contribution in [0.3, 0.4) is 0 Å². The zero-order chi connectivity index (χ0) is 18.8. The van der Waals surface area contributed by atoms with Crippen LogP contribution in [0.25, 0.3) is 22.4 Å². The molecule has 27 heavy (non-hydrogen) atoms. The lowest BCUT2D eigenvalue weighted by molar-refractivity contribution is 0.414. The van der Waals surface area contributed by atoms with Crippen molar-refractivity contribution in [1.29, 1.82) is 0 Å². The topological polar surface area (TPSA) is 98.6 Å². The van der Waals surface area contributed by atoms with Crippen molar-refractivity contribution < 1.29 is 18.7 Å². The average Bonchev–Trinajstić information content (AvgIpc) is 3.14. The molecule has 2 aromatic carbocycles. The van der Waals surface area contributed by atoms with E-state index in [-0.39, 0.29) is 5.75 Å². The third-order valence-electron chi connectivity index (χ3n) is 3.91. The number of ether oxygens (including phenoxy) is 1. The minimum absolute atomic E-state index is 0.0384. The third kappa shape index (κ3) is 3.65. The highest BCUT2D eigenvalue weighted by atomic mass is 32.2. The van der Waals surface area contributed by atoms with Crippen LogP contribution in [0, 0.1) is 0 Å². The average molecular weight is 382 g/mol. The van der Waals surface area contributed by atoms with E-state index < -0.39 is 5.63 Å². The van der Waals surface area contributed by atoms with Gasteiger partial charge in [0.25, 0.3) is 5.22 Å². The molecule has 0 aliphatic carbocycles. The van der Waals surface area contributed by atoms with Crippen molar-refractivity contribution in [3.05, 3.63) is 64.5 Å². The minimum Gasteiger partial charge on any atom is -0.508 e. The van der Waals surface area contributed by atoms with E-state index in [2.05, 4.69) is 10.2 Å². The minimum atomic E-state index is -0.479. The molecule has 0 radical (unpaired) electrons. The molecule has 8 heteroatoms. The van der Waals surface area contributed by atoms with E-state index in [4.69, 9.17) is 13.6 Å². The Morgan fingerprint density at radius 2 is 1.89 bits per heavy atom. The number of nitrogens with zero attached hydrogens (tertiary/aromatic N) is 2. The summed E-state index contributed by atoms with van der Waals surface area (Å²) in [6.07, 6.45) is 0. The molecule has 0 saturated heterocycles. The second-order valence-electron chi connectivity index (χ2n) is 5.66. The monoisotopic (exact) mass is 382 g/mol. The predicted octanol–water partition coefficient (Wildman–Crippen LogP) is 3.85. The van der Waals surface area contributed by atoms with Crippen LogP contribution >= 0.6 is 11.8 Å². The Labute approximate surface area is 157 Å². The number of methoxy groups -OCH3 is 1. The van der Waals surface area contributed by atoms with Crippen LogP contribution in [0.4, 0.5) is 0 Å². The van der Waals surface area contributed by atoms with Gasteiger partial charge >= 0.3 is 5.63 Å². The van der Waals surface area contributed by atoms with E-state index >= 15 is 0 Å². The van der Waals surface area contributed by atoms with E-state index in [1.54, 1.807) is 19.2 Å². The summed E-state index contributed by atoms with van der Waals surface area (Å²) in [7, 11) is 1.60. The van der Waals surface area contributed by atoms with Gasteiger partial charge in [0.15, 0.2) is 0 Å². The Kier molecular flexibility index (Phi) is 4.55. The summed E-state index contributed by atoms with van der Waals surface area (Å²) in [5, 5.41) is 18.8. The highest BCUT2D eigenvalue weighted by molar-refractivity contribution is 7.98. The lowest BCUT2D eigenvalue weighted by atomic mass is 10.1. The van der Waals surface area contributed by atoms with Crippen LogP contribution in [-0.2, 0) is 5.75 Å². The fourth-order valence-electron chi connectivity index (χ4n) is 2.60. The molecule has 136 valence electrons. The number of fused-ring (bicyclic) bond motifs is 1. The van der Waals surface area contributed by atoms with Crippen LogP contribution < -0.4 is 10.4 Å². The molecule has 0 amide bonds. The largest absolute Gasteiger partial charge is 0.508 e. The molecule has 7 nitrogen and oxygen atoms in total. The molecule has 0 bridgehead atoms. The van der Waals surface area contributed by atoms with Crippen LogP contribution in [0.15, 0.2) is 67.4 Å². The number of thioether (sulfide) groups is 1. The van der Waals surface area contributed by atoms with Gasteiger partial charge in [-0.3, -0.25) is 0 Å². The molecule has 0 unspecified atom stereocenters. The molecule has 2 heterocycles. The molecule has 0 atom stereocenters. The lowest BCUT2D eigenvalue weighted by Crippen LogP contribution is -1.99. The standard InChI is InChI=1S/C19H14N2O5S/c1-24-14-5-2-11(3-6-14)18-20-21-19(26-18)27-10-12-8-17(23)25-16-9-13(22)4-7-15(12)16/h2-9,22H,10H2,1H3. The second kappa shape index (κ2) is 7.16. The van der Waals surface area contributed by atoms with Gasteiger partial charge in [-0.1, -0.05) is 11.8 Å². The number of aromatic nitrogens is 2. The summed E-state index contributed by atoms with van der Waals surface area (Å²) in [6.45, 7) is 0. The van der Waals surface area contributed by atoms with E-state index in [1.165, 1.54) is 23.9 Å². The smallest absolute Gasteiger partial charge is 0.336 e. The van der Waals surface area contributed by atoms with Crippen LogP contribution in [-0.4, -0.2) is 22.4 Å². The molecule has 0 saturated carbocycles. The molecule has 0 aliphatic heterocycles. The van der Waals surface area contributed by atoms with E-state index in [9.17, 15) is 9.90 Å². The zero-order valence-corrected chi connectivity index (χ0v) is 15.0. The maximum absolute atomic E-state index is 11.7. The maximum Gasteiger partial charge on any atom is 0.336 e. The number of benzene rings is 2. The first-order chi connectivity index (χ1) is 13.1. The lowest BCUT2D eigenvalue weighted by Gasteiger charge is -2.04. The number of hydrogen-bond donors (Lipinski definition) is 1. The number of aromatic hydroxyl groups is 1. The van der Waals surface area contributed by atoms with Crippen molar-refractivity contribution in [2.75, 3.05) is 7.11 Å². The van der Waals surface area contributed by atoms with Crippen molar-refractivity contribution in [2.24, 2.45) is 0 Å². The van der Waals surface area contributed by atoms with Crippen molar-refractivity contribution in [3.8, 4) is 23.0 Å². The van der Waals surface area contributed by atoms with Gasteiger partial charge in [-0.15, -0.1) is 10.2 Å². The van der Waals surface area contributed by atoms with Crippen molar-refractivity contribution in [3.63, 3.8) is 0 Å². The summed E-state index contributed by atoms with van der Waals surface area (Å²) in [4.78, 5) is 11.7. The van der Waals surface area contributed by atoms with Gasteiger partial charge in [0, 0.05) is 28.8 Å². The molecule has 0 fully saturated rings. The molecule has 1 N–H and O–H groups in total. The van der Waals surface area contributed by atoms with Crippen molar-refractivity contribution in [2.45, 2.75) is 11.0 Å². The highest BCUT2D eigenvalue weighted by Gasteiger charge is 2.12. The van der Waals surface area contributed by atoms with Gasteiger partial charge < -0.3 is 18.7 Å². The third-order valence-corrected chi connectivity index (χ3v) is 4.78. The predicted molar refractivity (Wildman–Crippen MR) is 100.0 cm³/mol. The summed E-state index contributed by atoms with van der Waals surface area (Å²) < 4.78 is 15.9. The second-order valence-corrected chi connectivity index (χ2v) is 6.59. The fraction of sp³-hybridized carbons (Fsp3) is 0.105. The summed E-state index contributed by atoms with van der Waals surface area (Å²) in [5.74, 6) is 1.63. The Morgan fingerprint density at radius 1 is 1.07 bits per heavy atom. The first-order valence-electron chi connectivity index (χ1n) is 7.99. The molecule has 0 aliphatic rings. The molecule has 2 aromatic heterocycles. The molecule has 4 rings (SSSR count). The van der Waals surface area contributed by atoms with Gasteiger partial charge in [0.2, 0.25) is 5.89 Å². The zero-order valence-electron chi connectivity index (χ0n) is 14.2. The highest BCUT2D eigenvalue weighted by Crippen LogP contribution is 2.29. The Balaban J connectivity index is 1.55. The van der Waals surface area contributed by atoms with Crippen molar-refractivity contribution >= 4 is 22.7 Å². The molecular formula is C19H14N2O5S. The summed E-state index contributed by atoms with van der Waals surface area (Å²) >= 11 is 1.32. The van der Waals surface area contributed by atoms with Crippen LogP contribution in [0.5, 0.6) is 11.5 Å². The normalized spacial score (nSPS) is 11.0. The first kappa shape index (κ1) is 17.2. The quantitative estimate of drug-likeness (QED) is 0.410.